The van der Waals surface area contributed by atoms with Crippen molar-refractivity contribution in [1.82, 2.24) is 0 Å². The van der Waals surface area contributed by atoms with Gasteiger partial charge in [-0.05, 0) is 42.8 Å². The van der Waals surface area contributed by atoms with Crippen LogP contribution in [0.4, 0.5) is 5.69 Å². The van der Waals surface area contributed by atoms with Crippen LogP contribution in [0.3, 0.4) is 0 Å². The maximum absolute atomic E-state index is 12.5. The maximum atomic E-state index is 12.5. The first-order valence-electron chi connectivity index (χ1n) is 5.88. The van der Waals surface area contributed by atoms with Gasteiger partial charge in [-0.15, -0.1) is 0 Å². The molecule has 0 atom stereocenters. The van der Waals surface area contributed by atoms with Crippen LogP contribution in [0.1, 0.15) is 21.5 Å². The molecule has 2 rings (SSSR count). The normalized spacial score (nSPS) is 10.4. The van der Waals surface area contributed by atoms with Gasteiger partial charge >= 0.3 is 0 Å². The van der Waals surface area contributed by atoms with Gasteiger partial charge in [-0.3, -0.25) is 4.79 Å². The molecule has 0 aromatic heterocycles. The van der Waals surface area contributed by atoms with E-state index in [-0.39, 0.29) is 5.78 Å². The number of hydrogen-bond donors (Lipinski definition) is 1. The fourth-order valence-electron chi connectivity index (χ4n) is 1.90. The van der Waals surface area contributed by atoms with Crippen LogP contribution >= 0.6 is 27.5 Å². The van der Waals surface area contributed by atoms with Gasteiger partial charge in [0.15, 0.2) is 5.78 Å². The average Bonchev–Trinajstić information content (AvgIpc) is 2.42. The Morgan fingerprint density at radius 2 is 2.00 bits per heavy atom. The van der Waals surface area contributed by atoms with Gasteiger partial charge in [0, 0.05) is 21.3 Å². The molecule has 0 heterocycles. The molecule has 5 heteroatoms. The summed E-state index contributed by atoms with van der Waals surface area (Å²) in [7, 11) is 1.53. The number of halogens is 2. The van der Waals surface area contributed by atoms with Crippen molar-refractivity contribution >= 4 is 39.0 Å². The number of rotatable bonds is 3. The minimum absolute atomic E-state index is 0.125. The molecule has 0 radical (unpaired) electrons. The first kappa shape index (κ1) is 14.9. The zero-order chi connectivity index (χ0) is 14.9. The molecule has 0 fully saturated rings. The van der Waals surface area contributed by atoms with E-state index >= 15 is 0 Å². The lowest BCUT2D eigenvalue weighted by Crippen LogP contribution is -2.06. The number of ketones is 1. The molecule has 0 aliphatic carbocycles. The molecular weight excluding hydrogens is 342 g/mol. The standard InChI is InChI=1S/C15H13BrClNO2/c1-8-11(6-10(16)7-13(8)18)15(19)9-3-4-14(20-2)12(17)5-9/h3-7H,18H2,1-2H3. The van der Waals surface area contributed by atoms with E-state index in [9.17, 15) is 4.79 Å². The second kappa shape index (κ2) is 5.85. The van der Waals surface area contributed by atoms with Crippen LogP contribution in [0.15, 0.2) is 34.8 Å². The Hall–Kier alpha value is -1.52. The molecule has 2 aromatic carbocycles. The fourth-order valence-corrected chi connectivity index (χ4v) is 2.63. The number of nitrogens with two attached hydrogens (primary N) is 1. The third-order valence-corrected chi connectivity index (χ3v) is 3.82. The highest BCUT2D eigenvalue weighted by Gasteiger charge is 2.15. The Morgan fingerprint density at radius 3 is 2.60 bits per heavy atom. The average molecular weight is 355 g/mol. The molecule has 2 N–H and O–H groups in total. The molecule has 20 heavy (non-hydrogen) atoms. The zero-order valence-electron chi connectivity index (χ0n) is 11.0. The molecule has 104 valence electrons. The van der Waals surface area contributed by atoms with Gasteiger partial charge in [-0.1, -0.05) is 27.5 Å². The summed E-state index contributed by atoms with van der Waals surface area (Å²) >= 11 is 9.40. The molecule has 0 aliphatic heterocycles. The molecule has 0 bridgehead atoms. The van der Waals surface area contributed by atoms with Crippen molar-refractivity contribution in [2.45, 2.75) is 6.92 Å². The van der Waals surface area contributed by atoms with E-state index in [1.165, 1.54) is 7.11 Å². The van der Waals surface area contributed by atoms with Gasteiger partial charge in [0.2, 0.25) is 0 Å². The molecule has 0 unspecified atom stereocenters. The van der Waals surface area contributed by atoms with Crippen LogP contribution in [-0.2, 0) is 0 Å². The van der Waals surface area contributed by atoms with Crippen LogP contribution in [0.25, 0.3) is 0 Å². The van der Waals surface area contributed by atoms with Crippen molar-refractivity contribution in [2.24, 2.45) is 0 Å². The SMILES string of the molecule is COc1ccc(C(=O)c2cc(Br)cc(N)c2C)cc1Cl. The lowest BCUT2D eigenvalue weighted by atomic mass is 9.98. The number of anilines is 1. The van der Waals surface area contributed by atoms with Crippen LogP contribution in [0, 0.1) is 6.92 Å². The topological polar surface area (TPSA) is 52.3 Å². The quantitative estimate of drug-likeness (QED) is 0.663. The first-order valence-corrected chi connectivity index (χ1v) is 7.05. The van der Waals surface area contributed by atoms with Gasteiger partial charge in [-0.25, -0.2) is 0 Å². The van der Waals surface area contributed by atoms with Crippen molar-refractivity contribution < 1.29 is 9.53 Å². The maximum Gasteiger partial charge on any atom is 0.193 e. The number of carbonyl (C=O) groups excluding carboxylic acids is 1. The summed E-state index contributed by atoms with van der Waals surface area (Å²) in [4.78, 5) is 12.5. The summed E-state index contributed by atoms with van der Waals surface area (Å²) in [6.45, 7) is 1.82. The van der Waals surface area contributed by atoms with Crippen LogP contribution in [0.2, 0.25) is 5.02 Å². The predicted molar refractivity (Wildman–Crippen MR) is 84.7 cm³/mol. The summed E-state index contributed by atoms with van der Waals surface area (Å²) in [5.74, 6) is 0.411. The van der Waals surface area contributed by atoms with Crippen molar-refractivity contribution in [3.05, 3.63) is 56.5 Å². The largest absolute Gasteiger partial charge is 0.495 e. The second-order valence-electron chi connectivity index (χ2n) is 4.35. The zero-order valence-corrected chi connectivity index (χ0v) is 13.4. The molecule has 0 saturated heterocycles. The minimum Gasteiger partial charge on any atom is -0.495 e. The third-order valence-electron chi connectivity index (χ3n) is 3.07. The number of carbonyl (C=O) groups is 1. The summed E-state index contributed by atoms with van der Waals surface area (Å²) in [6.07, 6.45) is 0. The van der Waals surface area contributed by atoms with Gasteiger partial charge in [0.25, 0.3) is 0 Å². The Kier molecular flexibility index (Phi) is 4.35. The predicted octanol–water partition coefficient (Wildman–Crippen LogP) is 4.23. The van der Waals surface area contributed by atoms with Gasteiger partial charge in [0.05, 0.1) is 12.1 Å². The summed E-state index contributed by atoms with van der Waals surface area (Å²) < 4.78 is 5.84. The molecule has 0 spiro atoms. The van der Waals surface area contributed by atoms with E-state index < -0.39 is 0 Å². The molecule has 0 amide bonds. The van der Waals surface area contributed by atoms with Crippen molar-refractivity contribution in [3.63, 3.8) is 0 Å². The third kappa shape index (κ3) is 2.81. The minimum atomic E-state index is -0.125. The summed E-state index contributed by atoms with van der Waals surface area (Å²) in [6, 6.07) is 8.48. The Bertz CT molecular complexity index is 686. The highest BCUT2D eigenvalue weighted by molar-refractivity contribution is 9.10. The smallest absolute Gasteiger partial charge is 0.193 e. The summed E-state index contributed by atoms with van der Waals surface area (Å²) in [5.41, 5.74) is 8.26. The molecule has 0 saturated carbocycles. The number of benzene rings is 2. The highest BCUT2D eigenvalue weighted by atomic mass is 79.9. The van der Waals surface area contributed by atoms with E-state index in [1.54, 1.807) is 30.3 Å². The molecule has 0 aliphatic rings. The Labute approximate surface area is 130 Å². The van der Waals surface area contributed by atoms with Gasteiger partial charge < -0.3 is 10.5 Å². The Balaban J connectivity index is 2.49. The van der Waals surface area contributed by atoms with Crippen LogP contribution in [-0.4, -0.2) is 12.9 Å². The van der Waals surface area contributed by atoms with E-state index in [0.29, 0.717) is 27.6 Å². The van der Waals surface area contributed by atoms with Crippen LogP contribution < -0.4 is 10.5 Å². The van der Waals surface area contributed by atoms with E-state index in [4.69, 9.17) is 22.1 Å². The van der Waals surface area contributed by atoms with Gasteiger partial charge in [0.1, 0.15) is 5.75 Å². The Morgan fingerprint density at radius 1 is 1.30 bits per heavy atom. The van der Waals surface area contributed by atoms with E-state index in [1.807, 2.05) is 6.92 Å². The summed E-state index contributed by atoms with van der Waals surface area (Å²) in [5, 5.41) is 0.402. The first-order chi connectivity index (χ1) is 9.43. The number of ether oxygens (including phenoxy) is 1. The molecular formula is C15H13BrClNO2. The number of nitrogen functional groups attached to an aromatic ring is 1. The highest BCUT2D eigenvalue weighted by Crippen LogP contribution is 2.28. The molecule has 3 nitrogen and oxygen atoms in total. The van der Waals surface area contributed by atoms with Gasteiger partial charge in [-0.2, -0.15) is 0 Å². The second-order valence-corrected chi connectivity index (χ2v) is 5.67. The van der Waals surface area contributed by atoms with Crippen molar-refractivity contribution in [3.8, 4) is 5.75 Å². The number of methoxy groups -OCH3 is 1. The van der Waals surface area contributed by atoms with Crippen molar-refractivity contribution in [2.75, 3.05) is 12.8 Å². The van der Waals surface area contributed by atoms with E-state index in [0.717, 1.165) is 10.0 Å². The van der Waals surface area contributed by atoms with Crippen molar-refractivity contribution in [1.29, 1.82) is 0 Å². The van der Waals surface area contributed by atoms with Crippen LogP contribution in [0.5, 0.6) is 5.75 Å². The number of hydrogen-bond acceptors (Lipinski definition) is 3. The lowest BCUT2D eigenvalue weighted by molar-refractivity contribution is 0.103. The lowest BCUT2D eigenvalue weighted by Gasteiger charge is -2.10. The molecule has 2 aromatic rings. The monoisotopic (exact) mass is 353 g/mol. The van der Waals surface area contributed by atoms with E-state index in [2.05, 4.69) is 15.9 Å². The fraction of sp³-hybridized carbons (Fsp3) is 0.133.